The molecule has 1 amide bonds. The van der Waals surface area contributed by atoms with Crippen LogP contribution in [0.2, 0.25) is 0 Å². The van der Waals surface area contributed by atoms with Crippen LogP contribution < -0.4 is 19.5 Å². The Labute approximate surface area is 171 Å². The molecule has 152 valence electrons. The van der Waals surface area contributed by atoms with Crippen LogP contribution in [0.25, 0.3) is 11.3 Å². The SMILES string of the molecule is COc1cc(-c2cc(C(=O)Nc3nc4c(s3)COCC4)[nH]n2)cc(OC)c1OC. The van der Waals surface area contributed by atoms with Gasteiger partial charge in [0.15, 0.2) is 16.6 Å². The van der Waals surface area contributed by atoms with Crippen LogP contribution >= 0.6 is 11.3 Å². The summed E-state index contributed by atoms with van der Waals surface area (Å²) in [7, 11) is 4.63. The number of hydrogen-bond acceptors (Lipinski definition) is 8. The molecule has 0 atom stereocenters. The molecular formula is C19H20N4O5S. The van der Waals surface area contributed by atoms with Gasteiger partial charge in [-0.2, -0.15) is 5.10 Å². The van der Waals surface area contributed by atoms with Crippen molar-refractivity contribution >= 4 is 22.4 Å². The van der Waals surface area contributed by atoms with Crippen LogP contribution in [0.15, 0.2) is 18.2 Å². The number of hydrogen-bond donors (Lipinski definition) is 2. The van der Waals surface area contributed by atoms with E-state index < -0.39 is 0 Å². The molecule has 3 heterocycles. The van der Waals surface area contributed by atoms with E-state index in [4.69, 9.17) is 18.9 Å². The number of carbonyl (C=O) groups excluding carboxylic acids is 1. The van der Waals surface area contributed by atoms with Crippen LogP contribution in [0.4, 0.5) is 5.13 Å². The highest BCUT2D eigenvalue weighted by Crippen LogP contribution is 2.40. The second-order valence-corrected chi connectivity index (χ2v) is 7.31. The van der Waals surface area contributed by atoms with E-state index in [1.807, 2.05) is 0 Å². The Morgan fingerprint density at radius 2 is 1.93 bits per heavy atom. The lowest BCUT2D eigenvalue weighted by Crippen LogP contribution is -2.12. The molecule has 2 N–H and O–H groups in total. The van der Waals surface area contributed by atoms with E-state index in [1.165, 1.54) is 11.3 Å². The van der Waals surface area contributed by atoms with Crippen molar-refractivity contribution in [3.63, 3.8) is 0 Å². The van der Waals surface area contributed by atoms with Crippen LogP contribution in [-0.2, 0) is 17.8 Å². The molecule has 0 bridgehead atoms. The molecule has 4 rings (SSSR count). The number of nitrogens with zero attached hydrogens (tertiary/aromatic N) is 2. The first kappa shape index (κ1) is 19.2. The number of aromatic nitrogens is 3. The number of ether oxygens (including phenoxy) is 4. The summed E-state index contributed by atoms with van der Waals surface area (Å²) in [6, 6.07) is 5.20. The Bertz CT molecular complexity index is 997. The molecule has 2 aromatic heterocycles. The van der Waals surface area contributed by atoms with Gasteiger partial charge in [-0.3, -0.25) is 15.2 Å². The molecular weight excluding hydrogens is 396 g/mol. The molecule has 10 heteroatoms. The Morgan fingerprint density at radius 3 is 2.59 bits per heavy atom. The zero-order chi connectivity index (χ0) is 20.4. The number of carbonyl (C=O) groups is 1. The number of amides is 1. The second-order valence-electron chi connectivity index (χ2n) is 6.23. The third-order valence-corrected chi connectivity index (χ3v) is 5.48. The molecule has 0 unspecified atom stereocenters. The molecule has 0 spiro atoms. The highest BCUT2D eigenvalue weighted by molar-refractivity contribution is 7.15. The second kappa shape index (κ2) is 8.10. The average Bonchev–Trinajstić information content (AvgIpc) is 3.39. The molecule has 1 aliphatic heterocycles. The van der Waals surface area contributed by atoms with Gasteiger partial charge in [0.2, 0.25) is 5.75 Å². The average molecular weight is 416 g/mol. The van der Waals surface area contributed by atoms with Crippen molar-refractivity contribution in [1.82, 2.24) is 15.2 Å². The third kappa shape index (κ3) is 3.76. The maximum absolute atomic E-state index is 12.6. The van der Waals surface area contributed by atoms with E-state index in [-0.39, 0.29) is 5.91 Å². The number of thiazole rings is 1. The molecule has 1 aliphatic rings. The lowest BCUT2D eigenvalue weighted by molar-refractivity contribution is 0.102. The van der Waals surface area contributed by atoms with Crippen LogP contribution in [0, 0.1) is 0 Å². The number of benzene rings is 1. The minimum absolute atomic E-state index is 0.316. The highest BCUT2D eigenvalue weighted by Gasteiger charge is 2.20. The number of methoxy groups -OCH3 is 3. The monoisotopic (exact) mass is 416 g/mol. The molecule has 0 fully saturated rings. The highest BCUT2D eigenvalue weighted by atomic mass is 32.1. The topological polar surface area (TPSA) is 108 Å². The fourth-order valence-corrected chi connectivity index (χ4v) is 4.00. The predicted molar refractivity (Wildman–Crippen MR) is 107 cm³/mol. The molecule has 1 aromatic carbocycles. The molecule has 0 saturated heterocycles. The normalized spacial score (nSPS) is 12.9. The van der Waals surface area contributed by atoms with Crippen LogP contribution in [0.3, 0.4) is 0 Å². The first-order valence-electron chi connectivity index (χ1n) is 8.86. The molecule has 0 aliphatic carbocycles. The smallest absolute Gasteiger partial charge is 0.275 e. The first-order valence-corrected chi connectivity index (χ1v) is 9.68. The standard InChI is InChI=1S/C19H20N4O5S/c1-25-14-6-10(7-15(26-2)17(14)27-3)12-8-13(23-22-12)18(24)21-19-20-11-4-5-28-9-16(11)29-19/h6-8H,4-5,9H2,1-3H3,(H,22,23)(H,20,21,24). The Hall–Kier alpha value is -3.11. The van der Waals surface area contributed by atoms with Crippen LogP contribution in [0.1, 0.15) is 21.1 Å². The fraction of sp³-hybridized carbons (Fsp3) is 0.316. The van der Waals surface area contributed by atoms with Crippen LogP contribution in [0.5, 0.6) is 17.2 Å². The van der Waals surface area contributed by atoms with E-state index in [1.54, 1.807) is 39.5 Å². The Kier molecular flexibility index (Phi) is 5.36. The third-order valence-electron chi connectivity index (χ3n) is 4.50. The summed E-state index contributed by atoms with van der Waals surface area (Å²) in [5.41, 5.74) is 2.59. The Balaban J connectivity index is 1.56. The lowest BCUT2D eigenvalue weighted by atomic mass is 10.1. The number of anilines is 1. The van der Waals surface area contributed by atoms with Crippen molar-refractivity contribution in [3.05, 3.63) is 34.5 Å². The first-order chi connectivity index (χ1) is 14.1. The van der Waals surface area contributed by atoms with Gasteiger partial charge >= 0.3 is 0 Å². The van der Waals surface area contributed by atoms with Gasteiger partial charge in [-0.25, -0.2) is 4.98 Å². The van der Waals surface area contributed by atoms with E-state index in [9.17, 15) is 4.79 Å². The molecule has 3 aromatic rings. The summed E-state index contributed by atoms with van der Waals surface area (Å²) in [6.45, 7) is 1.20. The number of nitrogens with one attached hydrogen (secondary N) is 2. The van der Waals surface area contributed by atoms with Crippen molar-refractivity contribution in [2.24, 2.45) is 0 Å². The number of H-pyrrole nitrogens is 1. The van der Waals surface area contributed by atoms with Gasteiger partial charge in [0.1, 0.15) is 5.69 Å². The summed E-state index contributed by atoms with van der Waals surface area (Å²) in [5, 5.41) is 10.4. The molecule has 9 nitrogen and oxygen atoms in total. The summed E-state index contributed by atoms with van der Waals surface area (Å²) in [6.07, 6.45) is 0.761. The maximum atomic E-state index is 12.6. The largest absolute Gasteiger partial charge is 0.493 e. The quantitative estimate of drug-likeness (QED) is 0.636. The molecule has 0 radical (unpaired) electrons. The van der Waals surface area contributed by atoms with Gasteiger partial charge in [-0.1, -0.05) is 11.3 Å². The number of fused-ring (bicyclic) bond motifs is 1. The summed E-state index contributed by atoms with van der Waals surface area (Å²) >= 11 is 1.43. The maximum Gasteiger partial charge on any atom is 0.275 e. The predicted octanol–water partition coefficient (Wildman–Crippen LogP) is 2.88. The Morgan fingerprint density at radius 1 is 1.17 bits per heavy atom. The fourth-order valence-electron chi connectivity index (χ4n) is 3.06. The van der Waals surface area contributed by atoms with Gasteiger partial charge in [0.25, 0.3) is 5.91 Å². The van der Waals surface area contributed by atoms with Crippen LogP contribution in [-0.4, -0.2) is 49.0 Å². The minimum atomic E-state index is -0.316. The zero-order valence-corrected chi connectivity index (χ0v) is 17.0. The van der Waals surface area contributed by atoms with E-state index in [0.717, 1.165) is 22.6 Å². The van der Waals surface area contributed by atoms with Gasteiger partial charge < -0.3 is 18.9 Å². The van der Waals surface area contributed by atoms with Crippen molar-refractivity contribution in [2.45, 2.75) is 13.0 Å². The van der Waals surface area contributed by atoms with Gasteiger partial charge in [-0.05, 0) is 18.2 Å². The summed E-state index contributed by atoms with van der Waals surface area (Å²) in [4.78, 5) is 18.1. The minimum Gasteiger partial charge on any atom is -0.493 e. The van der Waals surface area contributed by atoms with Crippen molar-refractivity contribution in [2.75, 3.05) is 33.3 Å². The van der Waals surface area contributed by atoms with E-state index >= 15 is 0 Å². The van der Waals surface area contributed by atoms with Crippen molar-refractivity contribution in [1.29, 1.82) is 0 Å². The zero-order valence-electron chi connectivity index (χ0n) is 16.2. The summed E-state index contributed by atoms with van der Waals surface area (Å²) < 4.78 is 21.5. The van der Waals surface area contributed by atoms with Gasteiger partial charge in [-0.15, -0.1) is 0 Å². The van der Waals surface area contributed by atoms with Crippen molar-refractivity contribution in [3.8, 4) is 28.5 Å². The number of rotatable bonds is 6. The van der Waals surface area contributed by atoms with Crippen molar-refractivity contribution < 1.29 is 23.7 Å². The number of aromatic amines is 1. The summed E-state index contributed by atoms with van der Waals surface area (Å²) in [5.74, 6) is 1.19. The van der Waals surface area contributed by atoms with Gasteiger partial charge in [0.05, 0.1) is 50.8 Å². The molecule has 0 saturated carbocycles. The van der Waals surface area contributed by atoms with E-state index in [0.29, 0.717) is 47.0 Å². The van der Waals surface area contributed by atoms with Gasteiger partial charge in [0, 0.05) is 12.0 Å². The molecule has 29 heavy (non-hydrogen) atoms. The lowest BCUT2D eigenvalue weighted by Gasteiger charge is -2.13. The van der Waals surface area contributed by atoms with E-state index in [2.05, 4.69) is 20.5 Å².